The Bertz CT molecular complexity index is 698. The molecule has 1 aliphatic heterocycles. The number of nitrogens with zero attached hydrogens (tertiary/aromatic N) is 1. The van der Waals surface area contributed by atoms with Crippen molar-refractivity contribution in [3.63, 3.8) is 0 Å². The molecule has 2 heterocycles. The molecule has 1 aliphatic rings. The van der Waals surface area contributed by atoms with E-state index in [2.05, 4.69) is 5.32 Å². The SMILES string of the molecule is Cl.NC(CC(=O)NC1CCN(C(=O)c2ccco2)CC1)c1ccccc1. The summed E-state index contributed by atoms with van der Waals surface area (Å²) >= 11 is 0. The Morgan fingerprint density at radius 2 is 1.85 bits per heavy atom. The van der Waals surface area contributed by atoms with Gasteiger partial charge in [-0.05, 0) is 30.5 Å². The van der Waals surface area contributed by atoms with Crippen molar-refractivity contribution in [2.45, 2.75) is 31.3 Å². The van der Waals surface area contributed by atoms with Gasteiger partial charge >= 0.3 is 0 Å². The van der Waals surface area contributed by atoms with Crippen LogP contribution in [0.15, 0.2) is 53.1 Å². The second-order valence-corrected chi connectivity index (χ2v) is 6.33. The molecule has 0 bridgehead atoms. The molecule has 0 aliphatic carbocycles. The number of furan rings is 1. The predicted molar refractivity (Wildman–Crippen MR) is 101 cm³/mol. The molecule has 1 saturated heterocycles. The summed E-state index contributed by atoms with van der Waals surface area (Å²) in [5.41, 5.74) is 7.05. The van der Waals surface area contributed by atoms with Crippen molar-refractivity contribution in [3.05, 3.63) is 60.1 Å². The van der Waals surface area contributed by atoms with Gasteiger partial charge in [-0.3, -0.25) is 9.59 Å². The fourth-order valence-electron chi connectivity index (χ4n) is 3.09. The van der Waals surface area contributed by atoms with Gasteiger partial charge in [-0.2, -0.15) is 0 Å². The van der Waals surface area contributed by atoms with Crippen molar-refractivity contribution in [2.75, 3.05) is 13.1 Å². The third-order valence-corrected chi connectivity index (χ3v) is 4.51. The second kappa shape index (κ2) is 9.40. The lowest BCUT2D eigenvalue weighted by atomic mass is 10.0. The zero-order chi connectivity index (χ0) is 17.6. The second-order valence-electron chi connectivity index (χ2n) is 6.33. The highest BCUT2D eigenvalue weighted by atomic mass is 35.5. The molecule has 1 aromatic carbocycles. The van der Waals surface area contributed by atoms with E-state index in [0.717, 1.165) is 18.4 Å². The van der Waals surface area contributed by atoms with Crippen LogP contribution in [0.4, 0.5) is 0 Å². The minimum Gasteiger partial charge on any atom is -0.459 e. The van der Waals surface area contributed by atoms with Crippen LogP contribution < -0.4 is 11.1 Å². The minimum atomic E-state index is -0.304. The number of carbonyl (C=O) groups excluding carboxylic acids is 2. The number of benzene rings is 1. The van der Waals surface area contributed by atoms with Crippen molar-refractivity contribution in [3.8, 4) is 0 Å². The molecule has 0 radical (unpaired) electrons. The van der Waals surface area contributed by atoms with Crippen LogP contribution in [-0.2, 0) is 4.79 Å². The topological polar surface area (TPSA) is 88.6 Å². The number of hydrogen-bond acceptors (Lipinski definition) is 4. The van der Waals surface area contributed by atoms with Gasteiger partial charge in [0.1, 0.15) is 0 Å². The molecule has 6 nitrogen and oxygen atoms in total. The molecule has 2 amide bonds. The maximum Gasteiger partial charge on any atom is 0.289 e. The van der Waals surface area contributed by atoms with Gasteiger partial charge in [0.2, 0.25) is 5.91 Å². The molecule has 0 saturated carbocycles. The number of hydrogen-bond donors (Lipinski definition) is 2. The Morgan fingerprint density at radius 3 is 2.46 bits per heavy atom. The zero-order valence-electron chi connectivity index (χ0n) is 14.5. The van der Waals surface area contributed by atoms with E-state index in [1.54, 1.807) is 17.0 Å². The molecular formula is C19H24ClN3O3. The third-order valence-electron chi connectivity index (χ3n) is 4.51. The first kappa shape index (κ1) is 20.0. The smallest absolute Gasteiger partial charge is 0.289 e. The monoisotopic (exact) mass is 377 g/mol. The van der Waals surface area contributed by atoms with Crippen LogP contribution in [0.5, 0.6) is 0 Å². The quantitative estimate of drug-likeness (QED) is 0.837. The number of carbonyl (C=O) groups is 2. The van der Waals surface area contributed by atoms with E-state index in [1.807, 2.05) is 30.3 Å². The molecule has 1 atom stereocenters. The summed E-state index contributed by atoms with van der Waals surface area (Å²) in [6, 6.07) is 12.8. The molecule has 1 aromatic heterocycles. The van der Waals surface area contributed by atoms with Crippen molar-refractivity contribution in [2.24, 2.45) is 5.73 Å². The van der Waals surface area contributed by atoms with Gasteiger partial charge in [-0.25, -0.2) is 0 Å². The Labute approximate surface area is 159 Å². The number of likely N-dealkylation sites (tertiary alicyclic amines) is 1. The summed E-state index contributed by atoms with van der Waals surface area (Å²) in [6.07, 6.45) is 3.23. The van der Waals surface area contributed by atoms with E-state index in [9.17, 15) is 9.59 Å². The summed E-state index contributed by atoms with van der Waals surface area (Å²) in [4.78, 5) is 26.2. The molecule has 3 N–H and O–H groups in total. The van der Waals surface area contributed by atoms with Crippen molar-refractivity contribution < 1.29 is 14.0 Å². The summed E-state index contributed by atoms with van der Waals surface area (Å²) < 4.78 is 5.15. The Hall–Kier alpha value is -2.31. The van der Waals surface area contributed by atoms with Crippen LogP contribution in [0.25, 0.3) is 0 Å². The van der Waals surface area contributed by atoms with Crippen LogP contribution in [0.1, 0.15) is 41.4 Å². The summed E-state index contributed by atoms with van der Waals surface area (Å²) in [5, 5.41) is 3.03. The minimum absolute atomic E-state index is 0. The normalized spacial score (nSPS) is 15.8. The molecule has 0 spiro atoms. The van der Waals surface area contributed by atoms with Gasteiger partial charge in [0.05, 0.1) is 6.26 Å². The van der Waals surface area contributed by atoms with E-state index in [4.69, 9.17) is 10.2 Å². The molecular weight excluding hydrogens is 354 g/mol. The molecule has 3 rings (SSSR count). The third kappa shape index (κ3) is 5.09. The van der Waals surface area contributed by atoms with Gasteiger partial charge < -0.3 is 20.4 Å². The molecule has 1 fully saturated rings. The number of halogens is 1. The fraction of sp³-hybridized carbons (Fsp3) is 0.368. The van der Waals surface area contributed by atoms with Crippen LogP contribution in [0.3, 0.4) is 0 Å². The van der Waals surface area contributed by atoms with Crippen LogP contribution >= 0.6 is 12.4 Å². The highest BCUT2D eigenvalue weighted by Crippen LogP contribution is 2.16. The number of nitrogens with one attached hydrogen (secondary N) is 1. The number of amides is 2. The van der Waals surface area contributed by atoms with Crippen LogP contribution in [-0.4, -0.2) is 35.8 Å². The van der Waals surface area contributed by atoms with Gasteiger partial charge in [0, 0.05) is 31.6 Å². The van der Waals surface area contributed by atoms with Crippen molar-refractivity contribution in [1.82, 2.24) is 10.2 Å². The molecule has 7 heteroatoms. The molecule has 2 aromatic rings. The van der Waals surface area contributed by atoms with E-state index >= 15 is 0 Å². The van der Waals surface area contributed by atoms with E-state index in [0.29, 0.717) is 18.8 Å². The Morgan fingerprint density at radius 1 is 1.15 bits per heavy atom. The standard InChI is InChI=1S/C19H23N3O3.ClH/c20-16(14-5-2-1-3-6-14)13-18(23)21-15-8-10-22(11-9-15)19(24)17-7-4-12-25-17;/h1-7,12,15-16H,8-11,13,20H2,(H,21,23);1H. The highest BCUT2D eigenvalue weighted by Gasteiger charge is 2.26. The Kier molecular flexibility index (Phi) is 7.24. The zero-order valence-corrected chi connectivity index (χ0v) is 15.3. The first-order valence-electron chi connectivity index (χ1n) is 8.56. The van der Waals surface area contributed by atoms with E-state index in [-0.39, 0.29) is 42.7 Å². The van der Waals surface area contributed by atoms with Gasteiger partial charge in [0.15, 0.2) is 5.76 Å². The fourth-order valence-corrected chi connectivity index (χ4v) is 3.09. The number of rotatable bonds is 5. The molecule has 140 valence electrons. The lowest BCUT2D eigenvalue weighted by Crippen LogP contribution is -2.46. The first-order valence-corrected chi connectivity index (χ1v) is 8.56. The lowest BCUT2D eigenvalue weighted by molar-refractivity contribution is -0.122. The average Bonchev–Trinajstić information content (AvgIpc) is 3.17. The summed E-state index contributed by atoms with van der Waals surface area (Å²) in [5.74, 6) is 0.212. The van der Waals surface area contributed by atoms with Gasteiger partial charge in [-0.15, -0.1) is 12.4 Å². The van der Waals surface area contributed by atoms with E-state index in [1.165, 1.54) is 6.26 Å². The molecule has 26 heavy (non-hydrogen) atoms. The predicted octanol–water partition coefficient (Wildman–Crippen LogP) is 2.51. The van der Waals surface area contributed by atoms with E-state index < -0.39 is 0 Å². The van der Waals surface area contributed by atoms with Crippen molar-refractivity contribution >= 4 is 24.2 Å². The van der Waals surface area contributed by atoms with Gasteiger partial charge in [-0.1, -0.05) is 30.3 Å². The Balaban J connectivity index is 0.00000243. The average molecular weight is 378 g/mol. The first-order chi connectivity index (χ1) is 12.1. The largest absolute Gasteiger partial charge is 0.459 e. The number of piperidine rings is 1. The summed E-state index contributed by atoms with van der Waals surface area (Å²) in [6.45, 7) is 1.21. The lowest BCUT2D eigenvalue weighted by Gasteiger charge is -2.32. The van der Waals surface area contributed by atoms with Crippen LogP contribution in [0.2, 0.25) is 0 Å². The van der Waals surface area contributed by atoms with Gasteiger partial charge in [0.25, 0.3) is 5.91 Å². The summed E-state index contributed by atoms with van der Waals surface area (Å²) in [7, 11) is 0. The maximum absolute atomic E-state index is 12.2. The molecule has 1 unspecified atom stereocenters. The number of nitrogens with two attached hydrogens (primary N) is 1. The van der Waals surface area contributed by atoms with Crippen LogP contribution in [0, 0.1) is 0 Å². The highest BCUT2D eigenvalue weighted by molar-refractivity contribution is 5.91. The maximum atomic E-state index is 12.2. The van der Waals surface area contributed by atoms with Crippen molar-refractivity contribution in [1.29, 1.82) is 0 Å².